The number of nitrogens with zero attached hydrogens (tertiary/aromatic N) is 1. The molecule has 0 N–H and O–H groups in total. The first-order valence-corrected chi connectivity index (χ1v) is 7.11. The maximum Gasteiger partial charge on any atom is 0.340 e. The van der Waals surface area contributed by atoms with Crippen LogP contribution in [0.2, 0.25) is 0 Å². The lowest BCUT2D eigenvalue weighted by molar-refractivity contribution is 0.0503. The van der Waals surface area contributed by atoms with Gasteiger partial charge in [0.05, 0.1) is 24.8 Å². The molecule has 5 nitrogen and oxygen atoms in total. The van der Waals surface area contributed by atoms with Gasteiger partial charge in [-0.3, -0.25) is 0 Å². The summed E-state index contributed by atoms with van der Waals surface area (Å²) < 4.78 is 11.9. The van der Waals surface area contributed by atoms with Crippen LogP contribution in [0, 0.1) is 6.92 Å². The number of esters is 2. The largest absolute Gasteiger partial charge is 0.465 e. The van der Waals surface area contributed by atoms with Gasteiger partial charge in [0.25, 0.3) is 0 Å². The lowest BCUT2D eigenvalue weighted by Crippen LogP contribution is -2.13. The molecule has 0 unspecified atom stereocenters. The molecule has 0 saturated heterocycles. The summed E-state index contributed by atoms with van der Waals surface area (Å²) in [5.74, 6) is -0.997. The molecule has 0 aliphatic rings. The number of carbonyl (C=O) groups excluding carboxylic acids is 2. The standard InChI is InChI=1S/C16H23NO4/c1-6-9-12-14(16(19)21-8-3)13(15(18)20-5)11(4)17(12)10-7-2/h7H,2,6,8-10H2,1,3-5H3. The Morgan fingerprint density at radius 2 is 1.90 bits per heavy atom. The van der Waals surface area contributed by atoms with Gasteiger partial charge in [-0.25, -0.2) is 9.59 Å². The van der Waals surface area contributed by atoms with Crippen molar-refractivity contribution in [3.8, 4) is 0 Å². The van der Waals surface area contributed by atoms with Crippen LogP contribution in [0.15, 0.2) is 12.7 Å². The van der Waals surface area contributed by atoms with E-state index in [1.807, 2.05) is 11.5 Å². The summed E-state index contributed by atoms with van der Waals surface area (Å²) in [6.07, 6.45) is 3.27. The Morgan fingerprint density at radius 3 is 2.38 bits per heavy atom. The topological polar surface area (TPSA) is 57.5 Å². The van der Waals surface area contributed by atoms with Crippen LogP contribution in [0.5, 0.6) is 0 Å². The van der Waals surface area contributed by atoms with E-state index in [1.54, 1.807) is 19.9 Å². The van der Waals surface area contributed by atoms with Crippen LogP contribution in [-0.4, -0.2) is 30.2 Å². The van der Waals surface area contributed by atoms with Gasteiger partial charge in [0.1, 0.15) is 0 Å². The van der Waals surface area contributed by atoms with E-state index in [4.69, 9.17) is 9.47 Å². The fourth-order valence-electron chi connectivity index (χ4n) is 2.45. The molecular weight excluding hydrogens is 270 g/mol. The predicted molar refractivity (Wildman–Crippen MR) is 80.7 cm³/mol. The highest BCUT2D eigenvalue weighted by molar-refractivity contribution is 6.05. The minimum absolute atomic E-state index is 0.261. The quantitative estimate of drug-likeness (QED) is 0.573. The second-order valence-corrected chi connectivity index (χ2v) is 4.64. The molecule has 1 aromatic rings. The molecule has 0 saturated carbocycles. The van der Waals surface area contributed by atoms with E-state index in [0.29, 0.717) is 29.8 Å². The molecule has 1 rings (SSSR count). The molecule has 0 fully saturated rings. The van der Waals surface area contributed by atoms with E-state index in [2.05, 4.69) is 6.58 Å². The minimum Gasteiger partial charge on any atom is -0.465 e. The third-order valence-electron chi connectivity index (χ3n) is 3.30. The number of hydrogen-bond donors (Lipinski definition) is 0. The van der Waals surface area contributed by atoms with Crippen molar-refractivity contribution in [3.63, 3.8) is 0 Å². The molecule has 0 aromatic carbocycles. The van der Waals surface area contributed by atoms with Crippen LogP contribution in [0.1, 0.15) is 52.4 Å². The van der Waals surface area contributed by atoms with Gasteiger partial charge in [-0.05, 0) is 20.3 Å². The molecule has 21 heavy (non-hydrogen) atoms. The van der Waals surface area contributed by atoms with Gasteiger partial charge < -0.3 is 14.0 Å². The summed E-state index contributed by atoms with van der Waals surface area (Å²) >= 11 is 0. The highest BCUT2D eigenvalue weighted by Crippen LogP contribution is 2.26. The normalized spacial score (nSPS) is 10.3. The van der Waals surface area contributed by atoms with E-state index in [0.717, 1.165) is 12.1 Å². The number of hydrogen-bond acceptors (Lipinski definition) is 4. The maximum atomic E-state index is 12.3. The van der Waals surface area contributed by atoms with E-state index in [9.17, 15) is 9.59 Å². The van der Waals surface area contributed by atoms with E-state index in [-0.39, 0.29) is 6.61 Å². The zero-order valence-corrected chi connectivity index (χ0v) is 13.2. The highest BCUT2D eigenvalue weighted by Gasteiger charge is 2.30. The SMILES string of the molecule is C=CCn1c(C)c(C(=O)OC)c(C(=O)OCC)c1CCC. The molecule has 0 amide bonds. The molecule has 116 valence electrons. The van der Waals surface area contributed by atoms with Crippen LogP contribution in [-0.2, 0) is 22.4 Å². The van der Waals surface area contributed by atoms with E-state index < -0.39 is 11.9 Å². The summed E-state index contributed by atoms with van der Waals surface area (Å²) in [4.78, 5) is 24.4. The summed E-state index contributed by atoms with van der Waals surface area (Å²) in [7, 11) is 1.31. The fourth-order valence-corrected chi connectivity index (χ4v) is 2.45. The second-order valence-electron chi connectivity index (χ2n) is 4.64. The third kappa shape index (κ3) is 3.35. The number of allylic oxidation sites excluding steroid dienone is 1. The van der Waals surface area contributed by atoms with Gasteiger partial charge in [-0.1, -0.05) is 19.4 Å². The van der Waals surface area contributed by atoms with Gasteiger partial charge in [0, 0.05) is 17.9 Å². The Kier molecular flexibility index (Phi) is 6.21. The van der Waals surface area contributed by atoms with Crippen LogP contribution < -0.4 is 0 Å². The van der Waals surface area contributed by atoms with Gasteiger partial charge in [-0.15, -0.1) is 6.58 Å². The molecular formula is C16H23NO4. The van der Waals surface area contributed by atoms with Crippen LogP contribution in [0.25, 0.3) is 0 Å². The van der Waals surface area contributed by atoms with Crippen LogP contribution >= 0.6 is 0 Å². The number of ether oxygens (including phenoxy) is 2. The average Bonchev–Trinajstić information content (AvgIpc) is 2.73. The highest BCUT2D eigenvalue weighted by atomic mass is 16.5. The van der Waals surface area contributed by atoms with Gasteiger partial charge in [0.2, 0.25) is 0 Å². The van der Waals surface area contributed by atoms with Crippen molar-refractivity contribution in [3.05, 3.63) is 35.2 Å². The van der Waals surface area contributed by atoms with Crippen molar-refractivity contribution in [2.45, 2.75) is 40.2 Å². The van der Waals surface area contributed by atoms with Gasteiger partial charge in [-0.2, -0.15) is 0 Å². The second kappa shape index (κ2) is 7.67. The zero-order valence-electron chi connectivity index (χ0n) is 13.2. The lowest BCUT2D eigenvalue weighted by Gasteiger charge is -2.09. The van der Waals surface area contributed by atoms with Crippen molar-refractivity contribution >= 4 is 11.9 Å². The van der Waals surface area contributed by atoms with Crippen molar-refractivity contribution in [2.24, 2.45) is 0 Å². The van der Waals surface area contributed by atoms with Crippen molar-refractivity contribution in [1.29, 1.82) is 0 Å². The van der Waals surface area contributed by atoms with Crippen molar-refractivity contribution in [1.82, 2.24) is 4.57 Å². The van der Waals surface area contributed by atoms with Crippen molar-refractivity contribution in [2.75, 3.05) is 13.7 Å². The van der Waals surface area contributed by atoms with Crippen LogP contribution in [0.4, 0.5) is 0 Å². The molecule has 1 aromatic heterocycles. The molecule has 5 heteroatoms. The molecule has 0 atom stereocenters. The van der Waals surface area contributed by atoms with Crippen LogP contribution in [0.3, 0.4) is 0 Å². The molecule has 0 bridgehead atoms. The predicted octanol–water partition coefficient (Wildman–Crippen LogP) is 2.90. The summed E-state index contributed by atoms with van der Waals surface area (Å²) in [6, 6.07) is 0. The number of rotatable bonds is 7. The molecule has 0 spiro atoms. The van der Waals surface area contributed by atoms with Gasteiger partial charge >= 0.3 is 11.9 Å². The fraction of sp³-hybridized carbons (Fsp3) is 0.500. The molecule has 1 heterocycles. The van der Waals surface area contributed by atoms with E-state index in [1.165, 1.54) is 7.11 Å². The molecule has 0 aliphatic carbocycles. The summed E-state index contributed by atoms with van der Waals surface area (Å²) in [5, 5.41) is 0. The zero-order chi connectivity index (χ0) is 16.0. The van der Waals surface area contributed by atoms with Gasteiger partial charge in [0.15, 0.2) is 0 Å². The number of carbonyl (C=O) groups is 2. The first kappa shape index (κ1) is 17.0. The van der Waals surface area contributed by atoms with Crippen molar-refractivity contribution < 1.29 is 19.1 Å². The lowest BCUT2D eigenvalue weighted by atomic mass is 10.1. The average molecular weight is 293 g/mol. The Bertz CT molecular complexity index is 543. The molecule has 0 aliphatic heterocycles. The Hall–Kier alpha value is -2.04. The third-order valence-corrected chi connectivity index (χ3v) is 3.30. The maximum absolute atomic E-state index is 12.3. The Labute approximate surface area is 125 Å². The number of aromatic nitrogens is 1. The Morgan fingerprint density at radius 1 is 1.24 bits per heavy atom. The number of methoxy groups -OCH3 is 1. The molecule has 0 radical (unpaired) electrons. The first-order chi connectivity index (χ1) is 10.0. The monoisotopic (exact) mass is 293 g/mol. The summed E-state index contributed by atoms with van der Waals surface area (Å²) in [6.45, 7) is 10.1. The Balaban J connectivity index is 3.59. The minimum atomic E-state index is -0.518. The first-order valence-electron chi connectivity index (χ1n) is 7.11. The smallest absolute Gasteiger partial charge is 0.340 e. The van der Waals surface area contributed by atoms with E-state index >= 15 is 0 Å². The summed E-state index contributed by atoms with van der Waals surface area (Å²) in [5.41, 5.74) is 2.12.